The molecule has 3 atom stereocenters. The fourth-order valence-corrected chi connectivity index (χ4v) is 4.95. The number of methoxy groups -OCH3 is 1. The van der Waals surface area contributed by atoms with E-state index in [2.05, 4.69) is 31.7 Å². The summed E-state index contributed by atoms with van der Waals surface area (Å²) >= 11 is 6.63. The molecule has 1 fully saturated rings. The van der Waals surface area contributed by atoms with Crippen LogP contribution in [-0.2, 0) is 26.7 Å². The number of hydrogen-bond acceptors (Lipinski definition) is 9. The standard InChI is InChI=1S/C25H33ClN6O4S/c1-16-12-18(16)15-32(10-11-35-3)20-13-19(21(26)22(28-20)31-37(4,33)34)23-29-30-24(36-23)25(2,27)14-17-8-6-5-7-9-17/h5-9,13,16,18H,10-12,14-15,27H2,1-4H3,(H,28,31)/t16?,18?,25-/m1/s1. The highest BCUT2D eigenvalue weighted by Gasteiger charge is 2.35. The first-order chi connectivity index (χ1) is 17.5. The lowest BCUT2D eigenvalue weighted by Gasteiger charge is -2.25. The highest BCUT2D eigenvalue weighted by Crippen LogP contribution is 2.41. The van der Waals surface area contributed by atoms with Crippen LogP contribution in [0.5, 0.6) is 0 Å². The van der Waals surface area contributed by atoms with Gasteiger partial charge in [-0.15, -0.1) is 10.2 Å². The van der Waals surface area contributed by atoms with Gasteiger partial charge >= 0.3 is 0 Å². The summed E-state index contributed by atoms with van der Waals surface area (Å²) in [5.41, 5.74) is 7.02. The predicted molar refractivity (Wildman–Crippen MR) is 144 cm³/mol. The van der Waals surface area contributed by atoms with Crippen LogP contribution in [0.25, 0.3) is 11.5 Å². The van der Waals surface area contributed by atoms with Crippen LogP contribution in [0.4, 0.5) is 11.6 Å². The van der Waals surface area contributed by atoms with Crippen LogP contribution in [0.1, 0.15) is 31.7 Å². The van der Waals surface area contributed by atoms with E-state index in [4.69, 9.17) is 26.5 Å². The summed E-state index contributed by atoms with van der Waals surface area (Å²) in [5, 5.41) is 8.47. The Morgan fingerprint density at radius 1 is 1.30 bits per heavy atom. The monoisotopic (exact) mass is 548 g/mol. The van der Waals surface area contributed by atoms with E-state index in [1.54, 1.807) is 13.2 Å². The lowest BCUT2D eigenvalue weighted by atomic mass is 9.94. The molecule has 0 aliphatic heterocycles. The van der Waals surface area contributed by atoms with E-state index in [9.17, 15) is 8.42 Å². The smallest absolute Gasteiger partial charge is 0.249 e. The van der Waals surface area contributed by atoms with Gasteiger partial charge in [-0.2, -0.15) is 0 Å². The molecule has 0 saturated heterocycles. The molecule has 1 aliphatic carbocycles. The molecule has 3 N–H and O–H groups in total. The fourth-order valence-electron chi connectivity index (χ4n) is 4.17. The molecule has 2 heterocycles. The fraction of sp³-hybridized carbons (Fsp3) is 0.480. The number of benzene rings is 1. The average Bonchev–Trinajstić information content (AvgIpc) is 3.29. The molecule has 0 amide bonds. The number of halogens is 1. The second-order valence-corrected chi connectivity index (χ2v) is 12.1. The first kappa shape index (κ1) is 27.3. The third kappa shape index (κ3) is 6.98. The number of ether oxygens (including phenoxy) is 1. The topological polar surface area (TPSA) is 136 Å². The predicted octanol–water partition coefficient (Wildman–Crippen LogP) is 3.68. The van der Waals surface area contributed by atoms with Crippen molar-refractivity contribution in [1.29, 1.82) is 0 Å². The van der Waals surface area contributed by atoms with Gasteiger partial charge in [0.1, 0.15) is 5.82 Å². The molecular formula is C25H33ClN6O4S. The van der Waals surface area contributed by atoms with Crippen molar-refractivity contribution in [1.82, 2.24) is 15.2 Å². The summed E-state index contributed by atoms with van der Waals surface area (Å²) in [6.07, 6.45) is 2.65. The maximum Gasteiger partial charge on any atom is 0.249 e. The zero-order valence-electron chi connectivity index (χ0n) is 21.4. The molecule has 0 spiro atoms. The summed E-state index contributed by atoms with van der Waals surface area (Å²) in [5.74, 6) is 2.02. The van der Waals surface area contributed by atoms with E-state index in [0.717, 1.165) is 24.8 Å². The van der Waals surface area contributed by atoms with Crippen molar-refractivity contribution in [2.24, 2.45) is 17.6 Å². The van der Waals surface area contributed by atoms with Crippen LogP contribution >= 0.6 is 11.6 Å². The van der Waals surface area contributed by atoms with Gasteiger partial charge in [0.25, 0.3) is 0 Å². The van der Waals surface area contributed by atoms with Gasteiger partial charge in [0.05, 0.1) is 29.0 Å². The van der Waals surface area contributed by atoms with E-state index in [1.807, 2.05) is 37.3 Å². The van der Waals surface area contributed by atoms with E-state index >= 15 is 0 Å². The highest BCUT2D eigenvalue weighted by molar-refractivity contribution is 7.92. The number of aromatic nitrogens is 3. The Bertz CT molecular complexity index is 1330. The Hall–Kier alpha value is -2.73. The average molecular weight is 549 g/mol. The molecule has 2 unspecified atom stereocenters. The van der Waals surface area contributed by atoms with Crippen LogP contribution in [0.2, 0.25) is 5.02 Å². The van der Waals surface area contributed by atoms with E-state index in [0.29, 0.717) is 42.8 Å². The molecule has 2 aromatic heterocycles. The summed E-state index contributed by atoms with van der Waals surface area (Å²) in [6.45, 7) is 5.82. The van der Waals surface area contributed by atoms with Gasteiger partial charge in [0.15, 0.2) is 5.82 Å². The SMILES string of the molecule is COCCN(CC1CC1C)c1cc(-c2nnc([C@](C)(N)Cc3ccccc3)o2)c(Cl)c(NS(C)(=O)=O)n1. The Labute approximate surface area is 222 Å². The Balaban J connectivity index is 1.72. The number of hydrogen-bond donors (Lipinski definition) is 2. The van der Waals surface area contributed by atoms with Gasteiger partial charge in [-0.25, -0.2) is 13.4 Å². The van der Waals surface area contributed by atoms with Crippen molar-refractivity contribution in [2.75, 3.05) is 42.7 Å². The number of nitrogens with one attached hydrogen (secondary N) is 1. The van der Waals surface area contributed by atoms with Crippen molar-refractivity contribution in [3.63, 3.8) is 0 Å². The number of nitrogens with two attached hydrogens (primary N) is 1. The molecule has 37 heavy (non-hydrogen) atoms. The Kier molecular flexibility index (Phi) is 8.08. The van der Waals surface area contributed by atoms with Gasteiger partial charge in [0.2, 0.25) is 21.8 Å². The quantitative estimate of drug-likeness (QED) is 0.347. The minimum atomic E-state index is -3.66. The second-order valence-electron chi connectivity index (χ2n) is 9.97. The van der Waals surface area contributed by atoms with Gasteiger partial charge in [-0.05, 0) is 43.2 Å². The van der Waals surface area contributed by atoms with Crippen molar-refractivity contribution in [2.45, 2.75) is 32.2 Å². The van der Waals surface area contributed by atoms with Crippen LogP contribution < -0.4 is 15.4 Å². The molecule has 1 aliphatic rings. The van der Waals surface area contributed by atoms with Crippen LogP contribution in [0.15, 0.2) is 40.8 Å². The largest absolute Gasteiger partial charge is 0.419 e. The third-order valence-corrected chi connectivity index (χ3v) is 7.35. The molecule has 200 valence electrons. The maximum atomic E-state index is 12.1. The molecular weight excluding hydrogens is 516 g/mol. The molecule has 4 rings (SSSR count). The van der Waals surface area contributed by atoms with E-state index in [-0.39, 0.29) is 22.6 Å². The van der Waals surface area contributed by atoms with Gasteiger partial charge in [-0.1, -0.05) is 48.9 Å². The van der Waals surface area contributed by atoms with Crippen LogP contribution in [-0.4, -0.2) is 56.7 Å². The third-order valence-electron chi connectivity index (χ3n) is 6.40. The number of rotatable bonds is 12. The maximum absolute atomic E-state index is 12.1. The number of pyridine rings is 1. The van der Waals surface area contributed by atoms with Crippen molar-refractivity contribution in [3.8, 4) is 11.5 Å². The van der Waals surface area contributed by atoms with Crippen molar-refractivity contribution in [3.05, 3.63) is 52.9 Å². The van der Waals surface area contributed by atoms with Crippen LogP contribution in [0, 0.1) is 11.8 Å². The molecule has 10 nitrogen and oxygen atoms in total. The van der Waals surface area contributed by atoms with E-state index in [1.165, 1.54) is 0 Å². The summed E-state index contributed by atoms with van der Waals surface area (Å²) in [6, 6.07) is 11.5. The zero-order valence-corrected chi connectivity index (χ0v) is 23.0. The number of anilines is 2. The lowest BCUT2D eigenvalue weighted by molar-refractivity contribution is 0.204. The summed E-state index contributed by atoms with van der Waals surface area (Å²) < 4.78 is 37.9. The molecule has 3 aromatic rings. The zero-order chi connectivity index (χ0) is 26.8. The van der Waals surface area contributed by atoms with Gasteiger partial charge in [-0.3, -0.25) is 4.72 Å². The lowest BCUT2D eigenvalue weighted by Crippen LogP contribution is -2.35. The summed E-state index contributed by atoms with van der Waals surface area (Å²) in [7, 11) is -2.02. The minimum Gasteiger partial charge on any atom is -0.419 e. The van der Waals surface area contributed by atoms with Gasteiger partial charge in [0, 0.05) is 20.2 Å². The molecule has 0 bridgehead atoms. The molecule has 12 heteroatoms. The normalized spacial score (nSPS) is 18.9. The summed E-state index contributed by atoms with van der Waals surface area (Å²) in [4.78, 5) is 6.61. The molecule has 0 radical (unpaired) electrons. The van der Waals surface area contributed by atoms with Gasteiger partial charge < -0.3 is 19.8 Å². The number of nitrogens with zero attached hydrogens (tertiary/aromatic N) is 4. The minimum absolute atomic E-state index is 0.0116. The van der Waals surface area contributed by atoms with E-state index < -0.39 is 15.6 Å². The van der Waals surface area contributed by atoms with Crippen molar-refractivity contribution < 1.29 is 17.6 Å². The van der Waals surface area contributed by atoms with Crippen LogP contribution in [0.3, 0.4) is 0 Å². The Morgan fingerprint density at radius 3 is 2.62 bits per heavy atom. The second kappa shape index (κ2) is 10.9. The van der Waals surface area contributed by atoms with Crippen molar-refractivity contribution >= 4 is 33.3 Å². The first-order valence-corrected chi connectivity index (χ1v) is 14.3. The Morgan fingerprint density at radius 2 is 2.00 bits per heavy atom. The molecule has 1 aromatic carbocycles. The highest BCUT2D eigenvalue weighted by atomic mass is 35.5. The number of sulfonamides is 1. The first-order valence-electron chi connectivity index (χ1n) is 12.1. The molecule has 1 saturated carbocycles.